The first kappa shape index (κ1) is 13.0. The number of anilines is 1. The van der Waals surface area contributed by atoms with Crippen LogP contribution in [0.25, 0.3) is 0 Å². The largest absolute Gasteiger partial charge is 0.347 e. The van der Waals surface area contributed by atoms with Gasteiger partial charge in [-0.25, -0.2) is 0 Å². The van der Waals surface area contributed by atoms with Gasteiger partial charge < -0.3 is 10.7 Å². The van der Waals surface area contributed by atoms with Crippen molar-refractivity contribution >= 4 is 11.6 Å². The van der Waals surface area contributed by atoms with Crippen LogP contribution in [-0.2, 0) is 6.54 Å². The molecule has 0 aliphatic heterocycles. The second kappa shape index (κ2) is 5.92. The number of amides is 1. The van der Waals surface area contributed by atoms with Crippen LogP contribution >= 0.6 is 0 Å². The lowest BCUT2D eigenvalue weighted by Crippen LogP contribution is -2.24. The van der Waals surface area contributed by atoms with Gasteiger partial charge in [0.1, 0.15) is 5.69 Å². The van der Waals surface area contributed by atoms with Crippen LogP contribution in [0.1, 0.15) is 21.7 Å². The van der Waals surface area contributed by atoms with E-state index < -0.39 is 0 Å². The first-order valence-corrected chi connectivity index (χ1v) is 5.81. The van der Waals surface area contributed by atoms with Gasteiger partial charge in [-0.2, -0.15) is 0 Å². The van der Waals surface area contributed by atoms with E-state index >= 15 is 0 Å². The van der Waals surface area contributed by atoms with Gasteiger partial charge in [-0.1, -0.05) is 6.07 Å². The van der Waals surface area contributed by atoms with Crippen molar-refractivity contribution in [3.63, 3.8) is 0 Å². The standard InChI is InChI=1S/C13H15N5O/c1-9-2-3-10(7-16-9)8-17-13(19)12-6-11(18-14)4-5-15-12/h2-7H,8,14H2,1H3,(H,15,18)(H,17,19). The van der Waals surface area contributed by atoms with Gasteiger partial charge in [0.2, 0.25) is 0 Å². The maximum absolute atomic E-state index is 11.9. The van der Waals surface area contributed by atoms with Crippen LogP contribution in [0.15, 0.2) is 36.7 Å². The van der Waals surface area contributed by atoms with Crippen molar-refractivity contribution in [2.24, 2.45) is 5.84 Å². The molecule has 0 radical (unpaired) electrons. The Balaban J connectivity index is 1.99. The molecule has 98 valence electrons. The first-order chi connectivity index (χ1) is 9.19. The molecule has 0 aliphatic rings. The Hall–Kier alpha value is -2.47. The predicted molar refractivity (Wildman–Crippen MR) is 72.2 cm³/mol. The summed E-state index contributed by atoms with van der Waals surface area (Å²) in [5.41, 5.74) is 5.30. The number of carbonyl (C=O) groups is 1. The molecule has 1 amide bonds. The zero-order chi connectivity index (χ0) is 13.7. The normalized spacial score (nSPS) is 10.0. The molecule has 6 nitrogen and oxygen atoms in total. The highest BCUT2D eigenvalue weighted by atomic mass is 16.1. The highest BCUT2D eigenvalue weighted by molar-refractivity contribution is 5.93. The third-order valence-electron chi connectivity index (χ3n) is 2.58. The van der Waals surface area contributed by atoms with Crippen molar-refractivity contribution in [1.82, 2.24) is 15.3 Å². The number of nitrogens with one attached hydrogen (secondary N) is 2. The number of nitrogens with two attached hydrogens (primary N) is 1. The molecule has 2 heterocycles. The lowest BCUT2D eigenvalue weighted by atomic mass is 10.2. The fourth-order valence-electron chi connectivity index (χ4n) is 1.52. The van der Waals surface area contributed by atoms with Crippen LogP contribution in [0, 0.1) is 6.92 Å². The minimum Gasteiger partial charge on any atom is -0.347 e. The first-order valence-electron chi connectivity index (χ1n) is 5.81. The van der Waals surface area contributed by atoms with E-state index in [4.69, 9.17) is 5.84 Å². The number of aryl methyl sites for hydroxylation is 1. The summed E-state index contributed by atoms with van der Waals surface area (Å²) in [5.74, 6) is 5.03. The van der Waals surface area contributed by atoms with Crippen LogP contribution in [-0.4, -0.2) is 15.9 Å². The molecular weight excluding hydrogens is 242 g/mol. The van der Waals surface area contributed by atoms with E-state index in [2.05, 4.69) is 20.7 Å². The maximum atomic E-state index is 11.9. The molecule has 0 unspecified atom stereocenters. The van der Waals surface area contributed by atoms with E-state index in [1.165, 1.54) is 6.20 Å². The Labute approximate surface area is 111 Å². The molecule has 2 aromatic heterocycles. The number of pyridine rings is 2. The molecule has 0 saturated heterocycles. The van der Waals surface area contributed by atoms with Crippen LogP contribution in [0.4, 0.5) is 5.69 Å². The second-order valence-corrected chi connectivity index (χ2v) is 4.06. The predicted octanol–water partition coefficient (Wildman–Crippen LogP) is 1.00. The monoisotopic (exact) mass is 257 g/mol. The summed E-state index contributed by atoms with van der Waals surface area (Å²) in [4.78, 5) is 20.0. The van der Waals surface area contributed by atoms with E-state index in [1.807, 2.05) is 19.1 Å². The van der Waals surface area contributed by atoms with Crippen LogP contribution in [0.3, 0.4) is 0 Å². The minimum atomic E-state index is -0.252. The third-order valence-corrected chi connectivity index (χ3v) is 2.58. The van der Waals surface area contributed by atoms with Gasteiger partial charge in [0.15, 0.2) is 0 Å². The van der Waals surface area contributed by atoms with E-state index in [-0.39, 0.29) is 5.91 Å². The second-order valence-electron chi connectivity index (χ2n) is 4.06. The molecule has 0 spiro atoms. The molecule has 0 bridgehead atoms. The van der Waals surface area contributed by atoms with Gasteiger partial charge in [-0.3, -0.25) is 20.6 Å². The number of carbonyl (C=O) groups excluding carboxylic acids is 1. The quantitative estimate of drug-likeness (QED) is 0.561. The number of rotatable bonds is 4. The average molecular weight is 257 g/mol. The molecule has 0 fully saturated rings. The number of aromatic nitrogens is 2. The summed E-state index contributed by atoms with van der Waals surface area (Å²) >= 11 is 0. The molecule has 19 heavy (non-hydrogen) atoms. The zero-order valence-electron chi connectivity index (χ0n) is 10.6. The van der Waals surface area contributed by atoms with Gasteiger partial charge in [-0.15, -0.1) is 0 Å². The lowest BCUT2D eigenvalue weighted by molar-refractivity contribution is 0.0946. The van der Waals surface area contributed by atoms with Crippen molar-refractivity contribution in [1.29, 1.82) is 0 Å². The number of hydrogen-bond acceptors (Lipinski definition) is 5. The van der Waals surface area contributed by atoms with Gasteiger partial charge >= 0.3 is 0 Å². The van der Waals surface area contributed by atoms with E-state index in [0.29, 0.717) is 17.9 Å². The Morgan fingerprint density at radius 3 is 2.84 bits per heavy atom. The molecule has 0 aromatic carbocycles. The number of hydrazine groups is 1. The summed E-state index contributed by atoms with van der Waals surface area (Å²) in [7, 11) is 0. The minimum absolute atomic E-state index is 0.252. The summed E-state index contributed by atoms with van der Waals surface area (Å²) in [6, 6.07) is 7.09. The van der Waals surface area contributed by atoms with Gasteiger partial charge in [0.25, 0.3) is 5.91 Å². The van der Waals surface area contributed by atoms with Crippen molar-refractivity contribution in [3.8, 4) is 0 Å². The zero-order valence-corrected chi connectivity index (χ0v) is 10.6. The van der Waals surface area contributed by atoms with Crippen molar-refractivity contribution in [2.75, 3.05) is 5.43 Å². The van der Waals surface area contributed by atoms with Crippen LogP contribution in [0.2, 0.25) is 0 Å². The molecular formula is C13H15N5O. The highest BCUT2D eigenvalue weighted by Gasteiger charge is 2.07. The van der Waals surface area contributed by atoms with E-state index in [1.54, 1.807) is 18.3 Å². The van der Waals surface area contributed by atoms with Crippen LogP contribution < -0.4 is 16.6 Å². The molecule has 4 N–H and O–H groups in total. The average Bonchev–Trinajstić information content (AvgIpc) is 2.46. The Morgan fingerprint density at radius 2 is 2.16 bits per heavy atom. The molecule has 2 rings (SSSR count). The highest BCUT2D eigenvalue weighted by Crippen LogP contribution is 2.06. The lowest BCUT2D eigenvalue weighted by Gasteiger charge is -2.06. The summed E-state index contributed by atoms with van der Waals surface area (Å²) < 4.78 is 0. The SMILES string of the molecule is Cc1ccc(CNC(=O)c2cc(NN)ccn2)cn1. The number of hydrogen-bond donors (Lipinski definition) is 3. The topological polar surface area (TPSA) is 92.9 Å². The number of nitrogens with zero attached hydrogens (tertiary/aromatic N) is 2. The summed E-state index contributed by atoms with van der Waals surface area (Å²) in [5, 5.41) is 2.78. The smallest absolute Gasteiger partial charge is 0.270 e. The molecule has 6 heteroatoms. The summed E-state index contributed by atoms with van der Waals surface area (Å²) in [6.45, 7) is 2.33. The molecule has 2 aromatic rings. The summed E-state index contributed by atoms with van der Waals surface area (Å²) in [6.07, 6.45) is 3.26. The van der Waals surface area contributed by atoms with Gasteiger partial charge in [-0.05, 0) is 30.7 Å². The van der Waals surface area contributed by atoms with Crippen molar-refractivity contribution in [3.05, 3.63) is 53.6 Å². The third kappa shape index (κ3) is 3.49. The van der Waals surface area contributed by atoms with Crippen molar-refractivity contribution < 1.29 is 4.79 Å². The Bertz CT molecular complexity index is 568. The van der Waals surface area contributed by atoms with Crippen LogP contribution in [0.5, 0.6) is 0 Å². The molecule has 0 saturated carbocycles. The molecule has 0 aliphatic carbocycles. The van der Waals surface area contributed by atoms with E-state index in [0.717, 1.165) is 11.3 Å². The Kier molecular flexibility index (Phi) is 4.04. The Morgan fingerprint density at radius 1 is 1.32 bits per heavy atom. The fraction of sp³-hybridized carbons (Fsp3) is 0.154. The van der Waals surface area contributed by atoms with Gasteiger partial charge in [0, 0.05) is 24.6 Å². The van der Waals surface area contributed by atoms with E-state index in [9.17, 15) is 4.79 Å². The van der Waals surface area contributed by atoms with Gasteiger partial charge in [0.05, 0.1) is 5.69 Å². The fourth-order valence-corrected chi connectivity index (χ4v) is 1.52. The van der Waals surface area contributed by atoms with Crippen molar-refractivity contribution in [2.45, 2.75) is 13.5 Å². The maximum Gasteiger partial charge on any atom is 0.270 e. The molecule has 0 atom stereocenters. The number of nitrogen functional groups attached to an aromatic ring is 1.